The van der Waals surface area contributed by atoms with Gasteiger partial charge in [0.05, 0.1) is 6.33 Å². The Morgan fingerprint density at radius 1 is 0.875 bits per heavy atom. The van der Waals surface area contributed by atoms with Gasteiger partial charge in [-0.25, -0.2) is 4.98 Å². The van der Waals surface area contributed by atoms with Crippen molar-refractivity contribution in [1.82, 2.24) is 9.55 Å². The van der Waals surface area contributed by atoms with Gasteiger partial charge in [0.15, 0.2) is 0 Å². The molecule has 2 aromatic carbocycles. The van der Waals surface area contributed by atoms with Crippen LogP contribution in [0.15, 0.2) is 67.1 Å². The predicted molar refractivity (Wildman–Crippen MR) is 99.0 cm³/mol. The van der Waals surface area contributed by atoms with E-state index >= 15 is 0 Å². The van der Waals surface area contributed by atoms with Crippen molar-refractivity contribution in [3.8, 4) is 11.1 Å². The summed E-state index contributed by atoms with van der Waals surface area (Å²) >= 11 is 0. The van der Waals surface area contributed by atoms with Crippen LogP contribution in [0.2, 0.25) is 0 Å². The number of imidazole rings is 1. The fourth-order valence-electron chi connectivity index (χ4n) is 3.94. The smallest absolute Gasteiger partial charge is 0.0951 e. The molecule has 3 aromatic rings. The second kappa shape index (κ2) is 7.04. The van der Waals surface area contributed by atoms with E-state index in [0.29, 0.717) is 5.92 Å². The second-order valence-electron chi connectivity index (χ2n) is 6.80. The van der Waals surface area contributed by atoms with Crippen LogP contribution >= 0.6 is 0 Å². The highest BCUT2D eigenvalue weighted by Crippen LogP contribution is 2.33. The molecule has 1 aromatic heterocycles. The highest BCUT2D eigenvalue weighted by atomic mass is 15.0. The Labute approximate surface area is 144 Å². The normalized spacial score (nSPS) is 15.5. The van der Waals surface area contributed by atoms with E-state index in [4.69, 9.17) is 0 Å². The maximum Gasteiger partial charge on any atom is 0.0951 e. The van der Waals surface area contributed by atoms with E-state index in [1.54, 1.807) is 0 Å². The minimum atomic E-state index is 0.685. The summed E-state index contributed by atoms with van der Waals surface area (Å²) in [5.41, 5.74) is 5.38. The standard InChI is InChI=1S/C22H24N2/c1-3-9-18(10-4-1)21-14-8-7-13-20(21)16-24-17-23-15-22(24)19-11-5-2-6-12-19/h1,3-4,7-10,13-15,17,19H,2,5-6,11-12,16H2. The molecule has 2 heteroatoms. The van der Waals surface area contributed by atoms with Crippen LogP contribution in [-0.4, -0.2) is 9.55 Å². The summed E-state index contributed by atoms with van der Waals surface area (Å²) in [6, 6.07) is 19.4. The van der Waals surface area contributed by atoms with Gasteiger partial charge >= 0.3 is 0 Å². The zero-order chi connectivity index (χ0) is 16.2. The quantitative estimate of drug-likeness (QED) is 0.608. The molecular weight excluding hydrogens is 292 g/mol. The van der Waals surface area contributed by atoms with Gasteiger partial charge in [-0.3, -0.25) is 0 Å². The van der Waals surface area contributed by atoms with E-state index in [9.17, 15) is 0 Å². The van der Waals surface area contributed by atoms with Gasteiger partial charge in [-0.15, -0.1) is 0 Å². The molecule has 2 nitrogen and oxygen atoms in total. The number of rotatable bonds is 4. The van der Waals surface area contributed by atoms with Gasteiger partial charge in [-0.05, 0) is 29.5 Å². The van der Waals surface area contributed by atoms with Crippen LogP contribution in [0.1, 0.15) is 49.3 Å². The first-order valence-corrected chi connectivity index (χ1v) is 9.05. The first kappa shape index (κ1) is 15.2. The van der Waals surface area contributed by atoms with Gasteiger partial charge < -0.3 is 4.57 Å². The van der Waals surface area contributed by atoms with Crippen LogP contribution in [0.25, 0.3) is 11.1 Å². The molecule has 0 bridgehead atoms. The third-order valence-electron chi connectivity index (χ3n) is 5.21. The summed E-state index contributed by atoms with van der Waals surface area (Å²) < 4.78 is 2.36. The molecular formula is C22H24N2. The zero-order valence-corrected chi connectivity index (χ0v) is 14.1. The third-order valence-corrected chi connectivity index (χ3v) is 5.21. The number of aromatic nitrogens is 2. The van der Waals surface area contributed by atoms with E-state index in [1.165, 1.54) is 54.5 Å². The molecule has 0 saturated heterocycles. The van der Waals surface area contributed by atoms with Crippen LogP contribution in [0.5, 0.6) is 0 Å². The fraction of sp³-hybridized carbons (Fsp3) is 0.318. The van der Waals surface area contributed by atoms with Crippen molar-refractivity contribution in [2.24, 2.45) is 0 Å². The van der Waals surface area contributed by atoms with Gasteiger partial charge in [0.1, 0.15) is 0 Å². The minimum Gasteiger partial charge on any atom is -0.330 e. The van der Waals surface area contributed by atoms with E-state index in [2.05, 4.69) is 70.3 Å². The molecule has 0 atom stereocenters. The highest BCUT2D eigenvalue weighted by molar-refractivity contribution is 5.67. The van der Waals surface area contributed by atoms with Crippen LogP contribution in [0, 0.1) is 0 Å². The Bertz CT molecular complexity index is 782. The lowest BCUT2D eigenvalue weighted by molar-refractivity contribution is 0.426. The first-order chi connectivity index (χ1) is 11.9. The summed E-state index contributed by atoms with van der Waals surface area (Å²) in [5, 5.41) is 0. The molecule has 1 saturated carbocycles. The van der Waals surface area contributed by atoms with Crippen molar-refractivity contribution in [2.45, 2.75) is 44.6 Å². The number of nitrogens with zero attached hydrogens (tertiary/aromatic N) is 2. The van der Waals surface area contributed by atoms with Crippen LogP contribution < -0.4 is 0 Å². The predicted octanol–water partition coefficient (Wildman–Crippen LogP) is 5.65. The molecule has 1 aliphatic rings. The number of hydrogen-bond donors (Lipinski definition) is 0. The molecule has 1 fully saturated rings. The van der Waals surface area contributed by atoms with Gasteiger partial charge in [0, 0.05) is 24.4 Å². The highest BCUT2D eigenvalue weighted by Gasteiger charge is 2.19. The van der Waals surface area contributed by atoms with Crippen LogP contribution in [-0.2, 0) is 6.54 Å². The van der Waals surface area contributed by atoms with Crippen molar-refractivity contribution in [1.29, 1.82) is 0 Å². The lowest BCUT2D eigenvalue weighted by Gasteiger charge is -2.23. The average molecular weight is 316 g/mol. The van der Waals surface area contributed by atoms with Crippen molar-refractivity contribution >= 4 is 0 Å². The van der Waals surface area contributed by atoms with Crippen LogP contribution in [0.4, 0.5) is 0 Å². The first-order valence-electron chi connectivity index (χ1n) is 9.05. The Hall–Kier alpha value is -2.35. The van der Waals surface area contributed by atoms with Gasteiger partial charge in [-0.2, -0.15) is 0 Å². The molecule has 0 amide bonds. The maximum atomic E-state index is 4.46. The summed E-state index contributed by atoms with van der Waals surface area (Å²) in [6.45, 7) is 0.900. The summed E-state index contributed by atoms with van der Waals surface area (Å²) in [7, 11) is 0. The summed E-state index contributed by atoms with van der Waals surface area (Å²) in [4.78, 5) is 4.46. The number of hydrogen-bond acceptors (Lipinski definition) is 1. The molecule has 0 unspecified atom stereocenters. The van der Waals surface area contributed by atoms with E-state index < -0.39 is 0 Å². The third kappa shape index (κ3) is 3.14. The topological polar surface area (TPSA) is 17.8 Å². The zero-order valence-electron chi connectivity index (χ0n) is 14.1. The lowest BCUT2D eigenvalue weighted by atomic mass is 9.87. The van der Waals surface area contributed by atoms with Gasteiger partial charge in [0.25, 0.3) is 0 Å². The Morgan fingerprint density at radius 2 is 1.62 bits per heavy atom. The van der Waals surface area contributed by atoms with Gasteiger partial charge in [0.2, 0.25) is 0 Å². The fourth-order valence-corrected chi connectivity index (χ4v) is 3.94. The average Bonchev–Trinajstić information content (AvgIpc) is 3.12. The largest absolute Gasteiger partial charge is 0.330 e. The molecule has 4 rings (SSSR count). The SMILES string of the molecule is c1ccc(-c2ccccc2Cn2cncc2C2CCCCC2)cc1. The van der Waals surface area contributed by atoms with Crippen molar-refractivity contribution < 1.29 is 0 Å². The molecule has 0 spiro atoms. The minimum absolute atomic E-state index is 0.685. The number of benzene rings is 2. The van der Waals surface area contributed by atoms with E-state index in [1.807, 2.05) is 6.33 Å². The Kier molecular flexibility index (Phi) is 4.46. The molecule has 0 radical (unpaired) electrons. The molecule has 122 valence electrons. The Balaban J connectivity index is 1.64. The molecule has 1 aliphatic carbocycles. The molecule has 1 heterocycles. The summed E-state index contributed by atoms with van der Waals surface area (Å²) in [6.07, 6.45) is 10.8. The summed E-state index contributed by atoms with van der Waals surface area (Å²) in [5.74, 6) is 0.685. The molecule has 24 heavy (non-hydrogen) atoms. The van der Waals surface area contributed by atoms with E-state index in [0.717, 1.165) is 6.54 Å². The van der Waals surface area contributed by atoms with E-state index in [-0.39, 0.29) is 0 Å². The maximum absolute atomic E-state index is 4.46. The molecule has 0 N–H and O–H groups in total. The second-order valence-corrected chi connectivity index (χ2v) is 6.80. The van der Waals surface area contributed by atoms with Gasteiger partial charge in [-0.1, -0.05) is 73.9 Å². The monoisotopic (exact) mass is 316 g/mol. The Morgan fingerprint density at radius 3 is 2.46 bits per heavy atom. The van der Waals surface area contributed by atoms with Crippen molar-refractivity contribution in [3.63, 3.8) is 0 Å². The van der Waals surface area contributed by atoms with Crippen LogP contribution in [0.3, 0.4) is 0 Å². The van der Waals surface area contributed by atoms with Crippen molar-refractivity contribution in [3.05, 3.63) is 78.4 Å². The van der Waals surface area contributed by atoms with Crippen molar-refractivity contribution in [2.75, 3.05) is 0 Å². The lowest BCUT2D eigenvalue weighted by Crippen LogP contribution is -2.11. The molecule has 0 aliphatic heterocycles.